The Labute approximate surface area is 93.3 Å². The molecule has 0 amide bonds. The SMILES string of the molecule is CC(N)c1nnc(-c2ccc(Br)o2)s1. The van der Waals surface area contributed by atoms with Gasteiger partial charge in [-0.05, 0) is 35.0 Å². The van der Waals surface area contributed by atoms with Gasteiger partial charge in [0.25, 0.3) is 0 Å². The largest absolute Gasteiger partial charge is 0.447 e. The first-order valence-corrected chi connectivity index (χ1v) is 5.62. The quantitative estimate of drug-likeness (QED) is 0.914. The van der Waals surface area contributed by atoms with Crippen LogP contribution in [0.4, 0.5) is 0 Å². The highest BCUT2D eigenvalue weighted by atomic mass is 79.9. The van der Waals surface area contributed by atoms with Crippen LogP contribution >= 0.6 is 27.3 Å². The highest BCUT2D eigenvalue weighted by Gasteiger charge is 2.12. The highest BCUT2D eigenvalue weighted by Crippen LogP contribution is 2.28. The van der Waals surface area contributed by atoms with Gasteiger partial charge < -0.3 is 10.2 Å². The van der Waals surface area contributed by atoms with Gasteiger partial charge in [-0.3, -0.25) is 0 Å². The van der Waals surface area contributed by atoms with Gasteiger partial charge >= 0.3 is 0 Å². The number of hydrogen-bond acceptors (Lipinski definition) is 5. The van der Waals surface area contributed by atoms with Crippen LogP contribution in [-0.2, 0) is 0 Å². The zero-order valence-corrected chi connectivity index (χ0v) is 9.80. The van der Waals surface area contributed by atoms with Gasteiger partial charge in [0.05, 0.1) is 6.04 Å². The predicted octanol–water partition coefficient (Wildman–Crippen LogP) is 2.58. The molecule has 0 aliphatic heterocycles. The molecule has 0 aliphatic carbocycles. The minimum Gasteiger partial charge on any atom is -0.447 e. The minimum atomic E-state index is -0.0837. The fourth-order valence-corrected chi connectivity index (χ4v) is 2.01. The summed E-state index contributed by atoms with van der Waals surface area (Å²) in [6, 6.07) is 3.58. The first-order valence-electron chi connectivity index (χ1n) is 4.01. The summed E-state index contributed by atoms with van der Waals surface area (Å²) in [6.45, 7) is 1.88. The topological polar surface area (TPSA) is 64.9 Å². The van der Waals surface area contributed by atoms with Crippen molar-refractivity contribution in [1.82, 2.24) is 10.2 Å². The summed E-state index contributed by atoms with van der Waals surface area (Å²) in [4.78, 5) is 0. The second-order valence-electron chi connectivity index (χ2n) is 2.84. The summed E-state index contributed by atoms with van der Waals surface area (Å²) >= 11 is 4.68. The summed E-state index contributed by atoms with van der Waals surface area (Å²) in [6.07, 6.45) is 0. The lowest BCUT2D eigenvalue weighted by molar-refractivity contribution is 0.554. The molecule has 0 spiro atoms. The lowest BCUT2D eigenvalue weighted by Gasteiger charge is -1.93. The van der Waals surface area contributed by atoms with Gasteiger partial charge in [-0.1, -0.05) is 11.3 Å². The van der Waals surface area contributed by atoms with Gasteiger partial charge in [0, 0.05) is 0 Å². The van der Waals surface area contributed by atoms with Crippen LogP contribution in [0.2, 0.25) is 0 Å². The molecule has 2 rings (SSSR count). The fraction of sp³-hybridized carbons (Fsp3) is 0.250. The molecule has 14 heavy (non-hydrogen) atoms. The van der Waals surface area contributed by atoms with Crippen molar-refractivity contribution in [3.8, 4) is 10.8 Å². The lowest BCUT2D eigenvalue weighted by Crippen LogP contribution is -2.03. The molecule has 6 heteroatoms. The van der Waals surface area contributed by atoms with E-state index in [9.17, 15) is 0 Å². The second-order valence-corrected chi connectivity index (χ2v) is 4.63. The predicted molar refractivity (Wildman–Crippen MR) is 57.9 cm³/mol. The first-order chi connectivity index (χ1) is 6.66. The van der Waals surface area contributed by atoms with Gasteiger partial charge in [0.2, 0.25) is 0 Å². The van der Waals surface area contributed by atoms with E-state index in [0.29, 0.717) is 10.4 Å². The fourth-order valence-electron chi connectivity index (χ4n) is 0.947. The molecule has 2 aromatic rings. The van der Waals surface area contributed by atoms with Crippen LogP contribution in [-0.4, -0.2) is 10.2 Å². The molecule has 2 N–H and O–H groups in total. The molecular weight excluding hydrogens is 266 g/mol. The standard InChI is InChI=1S/C8H8BrN3OS/c1-4(10)7-11-12-8(14-7)5-2-3-6(9)13-5/h2-4H,10H2,1H3. The number of nitrogens with two attached hydrogens (primary N) is 1. The number of halogens is 1. The monoisotopic (exact) mass is 273 g/mol. The van der Waals surface area contributed by atoms with Gasteiger partial charge in [-0.2, -0.15) is 0 Å². The van der Waals surface area contributed by atoms with E-state index in [-0.39, 0.29) is 6.04 Å². The van der Waals surface area contributed by atoms with E-state index in [1.165, 1.54) is 11.3 Å². The third-order valence-corrected chi connectivity index (χ3v) is 3.18. The van der Waals surface area contributed by atoms with Gasteiger partial charge in [0.15, 0.2) is 15.4 Å². The molecule has 74 valence electrons. The van der Waals surface area contributed by atoms with E-state index in [4.69, 9.17) is 10.2 Å². The maximum absolute atomic E-state index is 5.68. The minimum absolute atomic E-state index is 0.0837. The van der Waals surface area contributed by atoms with E-state index in [0.717, 1.165) is 10.0 Å². The normalized spacial score (nSPS) is 13.1. The molecule has 4 nitrogen and oxygen atoms in total. The van der Waals surface area contributed by atoms with E-state index < -0.39 is 0 Å². The van der Waals surface area contributed by atoms with Crippen LogP contribution in [0.15, 0.2) is 21.2 Å². The molecule has 0 radical (unpaired) electrons. The Morgan fingerprint density at radius 2 is 2.29 bits per heavy atom. The van der Waals surface area contributed by atoms with Crippen LogP contribution in [0.25, 0.3) is 10.8 Å². The van der Waals surface area contributed by atoms with Gasteiger partial charge in [0.1, 0.15) is 5.01 Å². The summed E-state index contributed by atoms with van der Waals surface area (Å²) in [5.74, 6) is 0.710. The average molecular weight is 274 g/mol. The van der Waals surface area contributed by atoms with E-state index >= 15 is 0 Å². The van der Waals surface area contributed by atoms with Crippen LogP contribution in [0.1, 0.15) is 18.0 Å². The Kier molecular flexibility index (Phi) is 2.66. The molecule has 0 aliphatic rings. The number of hydrogen-bond donors (Lipinski definition) is 1. The van der Waals surface area contributed by atoms with Crippen molar-refractivity contribution in [3.05, 3.63) is 21.8 Å². The lowest BCUT2D eigenvalue weighted by atomic mass is 10.4. The second kappa shape index (κ2) is 3.80. The average Bonchev–Trinajstić information content (AvgIpc) is 2.70. The van der Waals surface area contributed by atoms with Gasteiger partial charge in [-0.15, -0.1) is 10.2 Å². The van der Waals surface area contributed by atoms with Crippen molar-refractivity contribution in [3.63, 3.8) is 0 Å². The van der Waals surface area contributed by atoms with E-state index in [2.05, 4.69) is 26.1 Å². The summed E-state index contributed by atoms with van der Waals surface area (Å²) in [7, 11) is 0. The number of furan rings is 1. The maximum atomic E-state index is 5.68. The molecule has 0 aromatic carbocycles. The van der Waals surface area contributed by atoms with E-state index in [1.807, 2.05) is 19.1 Å². The van der Waals surface area contributed by atoms with Crippen molar-refractivity contribution >= 4 is 27.3 Å². The van der Waals surface area contributed by atoms with Crippen LogP contribution in [0.5, 0.6) is 0 Å². The zero-order chi connectivity index (χ0) is 10.1. The Balaban J connectivity index is 2.33. The molecular formula is C8H8BrN3OS. The number of rotatable bonds is 2. The van der Waals surface area contributed by atoms with Crippen molar-refractivity contribution in [2.45, 2.75) is 13.0 Å². The maximum Gasteiger partial charge on any atom is 0.183 e. The smallest absolute Gasteiger partial charge is 0.183 e. The molecule has 2 heterocycles. The van der Waals surface area contributed by atoms with Crippen molar-refractivity contribution in [2.75, 3.05) is 0 Å². The molecule has 1 atom stereocenters. The van der Waals surface area contributed by atoms with Crippen molar-refractivity contribution in [1.29, 1.82) is 0 Å². The highest BCUT2D eigenvalue weighted by molar-refractivity contribution is 9.10. The Morgan fingerprint density at radius 3 is 2.79 bits per heavy atom. The summed E-state index contributed by atoms with van der Waals surface area (Å²) in [5.41, 5.74) is 5.68. The Bertz CT molecular complexity index is 437. The molecule has 2 aromatic heterocycles. The summed E-state index contributed by atoms with van der Waals surface area (Å²) in [5, 5.41) is 9.53. The molecule has 0 fully saturated rings. The van der Waals surface area contributed by atoms with Crippen LogP contribution in [0.3, 0.4) is 0 Å². The third-order valence-electron chi connectivity index (χ3n) is 1.61. The number of aromatic nitrogens is 2. The Hall–Kier alpha value is -0.720. The molecule has 1 unspecified atom stereocenters. The van der Waals surface area contributed by atoms with Crippen LogP contribution in [0, 0.1) is 0 Å². The molecule has 0 saturated carbocycles. The zero-order valence-electron chi connectivity index (χ0n) is 7.40. The number of nitrogens with zero attached hydrogens (tertiary/aromatic N) is 2. The summed E-state index contributed by atoms with van der Waals surface area (Å²) < 4.78 is 6.03. The van der Waals surface area contributed by atoms with Gasteiger partial charge in [-0.25, -0.2) is 0 Å². The molecule has 0 bridgehead atoms. The Morgan fingerprint density at radius 1 is 1.50 bits per heavy atom. The van der Waals surface area contributed by atoms with Crippen molar-refractivity contribution < 1.29 is 4.42 Å². The molecule has 0 saturated heterocycles. The van der Waals surface area contributed by atoms with Crippen LogP contribution < -0.4 is 5.73 Å². The van der Waals surface area contributed by atoms with Crippen molar-refractivity contribution in [2.24, 2.45) is 5.73 Å². The third kappa shape index (κ3) is 1.87. The van der Waals surface area contributed by atoms with E-state index in [1.54, 1.807) is 0 Å². The first kappa shape index (κ1) is 9.82.